The number of hydrogen-bond donors (Lipinski definition) is 0. The second kappa shape index (κ2) is 4.04. The van der Waals surface area contributed by atoms with Gasteiger partial charge in [0.1, 0.15) is 0 Å². The first-order valence-electron chi connectivity index (χ1n) is 6.80. The van der Waals surface area contributed by atoms with Crippen LogP contribution in [-0.4, -0.2) is 11.8 Å². The van der Waals surface area contributed by atoms with E-state index < -0.39 is 0 Å². The Morgan fingerprint density at radius 1 is 0.947 bits per heavy atom. The summed E-state index contributed by atoms with van der Waals surface area (Å²) in [5, 5.41) is 0. The van der Waals surface area contributed by atoms with Crippen molar-refractivity contribution in [1.29, 1.82) is 0 Å². The predicted molar refractivity (Wildman–Crippen MR) is 79.5 cm³/mol. The summed E-state index contributed by atoms with van der Waals surface area (Å²) in [5.41, 5.74) is 0.740. The Morgan fingerprint density at radius 2 is 1.47 bits per heavy atom. The maximum absolute atomic E-state index is 12.6. The topological polar surface area (TPSA) is 37.4 Å². The average Bonchev–Trinajstić information content (AvgIpc) is 3.06. The van der Waals surface area contributed by atoms with Gasteiger partial charge >= 0.3 is 0 Å². The molecule has 0 N–H and O–H groups in total. The number of benzene rings is 1. The number of halogens is 1. The van der Waals surface area contributed by atoms with Crippen molar-refractivity contribution in [3.05, 3.63) is 27.8 Å². The molecule has 4 atom stereocenters. The molecule has 98 valence electrons. The summed E-state index contributed by atoms with van der Waals surface area (Å²) in [4.78, 5) is 26.6. The summed E-state index contributed by atoms with van der Waals surface area (Å²) >= 11 is 2.23. The molecule has 19 heavy (non-hydrogen) atoms. The van der Waals surface area contributed by atoms with E-state index in [0.29, 0.717) is 11.8 Å². The van der Waals surface area contributed by atoms with E-state index >= 15 is 0 Å². The lowest BCUT2D eigenvalue weighted by molar-refractivity contribution is -0.123. The van der Waals surface area contributed by atoms with Crippen LogP contribution in [0.2, 0.25) is 0 Å². The van der Waals surface area contributed by atoms with Gasteiger partial charge in [0.05, 0.1) is 17.5 Å². The molecule has 2 saturated carbocycles. The van der Waals surface area contributed by atoms with Crippen LogP contribution < -0.4 is 4.90 Å². The number of fused-ring (bicyclic) bond motifs is 5. The minimum Gasteiger partial charge on any atom is -0.274 e. The third kappa shape index (κ3) is 1.55. The Labute approximate surface area is 125 Å². The molecule has 2 amide bonds. The number of carbonyl (C=O) groups excluding carboxylic acids is 2. The number of imide groups is 1. The maximum atomic E-state index is 12.6. The molecule has 3 nitrogen and oxygen atoms in total. The Hall–Kier alpha value is -0.910. The van der Waals surface area contributed by atoms with Crippen molar-refractivity contribution in [3.63, 3.8) is 0 Å². The van der Waals surface area contributed by atoms with Crippen LogP contribution >= 0.6 is 22.6 Å². The highest BCUT2D eigenvalue weighted by Crippen LogP contribution is 2.56. The number of carbonyl (C=O) groups is 2. The average molecular weight is 367 g/mol. The molecule has 1 heterocycles. The van der Waals surface area contributed by atoms with Gasteiger partial charge in [0.25, 0.3) is 0 Å². The van der Waals surface area contributed by atoms with E-state index in [-0.39, 0.29) is 23.7 Å². The molecule has 1 saturated heterocycles. The van der Waals surface area contributed by atoms with E-state index in [1.54, 1.807) is 0 Å². The zero-order chi connectivity index (χ0) is 13.1. The van der Waals surface area contributed by atoms with Gasteiger partial charge in [-0.05, 0) is 78.0 Å². The van der Waals surface area contributed by atoms with Crippen LogP contribution in [0.5, 0.6) is 0 Å². The summed E-state index contributed by atoms with van der Waals surface area (Å²) < 4.78 is 1.11. The summed E-state index contributed by atoms with van der Waals surface area (Å²) in [6.45, 7) is 0. The lowest BCUT2D eigenvalue weighted by atomic mass is 9.81. The van der Waals surface area contributed by atoms with E-state index in [2.05, 4.69) is 22.6 Å². The standard InChI is InChI=1S/C15H14INO2/c16-10-3-5-11(6-4-10)17-14(18)12-8-1-2-9(7-8)13(12)15(17)19/h3-6,8-9,12-13H,1-2,7H2/t8-,9-,12-,13+/m1/s1. The zero-order valence-corrected chi connectivity index (χ0v) is 12.5. The van der Waals surface area contributed by atoms with Gasteiger partial charge in [-0.3, -0.25) is 14.5 Å². The molecule has 1 aliphatic heterocycles. The Kier molecular flexibility index (Phi) is 2.53. The van der Waals surface area contributed by atoms with Crippen LogP contribution in [-0.2, 0) is 9.59 Å². The van der Waals surface area contributed by atoms with E-state index in [1.807, 2.05) is 24.3 Å². The molecule has 2 bridgehead atoms. The molecule has 3 aliphatic rings. The molecule has 1 aromatic rings. The SMILES string of the molecule is O=C1[C@@H]2[C@@H]3CC[C@H](C3)[C@@H]2C(=O)N1c1ccc(I)cc1. The normalized spacial score (nSPS) is 36.2. The van der Waals surface area contributed by atoms with Crippen molar-refractivity contribution < 1.29 is 9.59 Å². The molecule has 2 aliphatic carbocycles. The van der Waals surface area contributed by atoms with Gasteiger partial charge in [-0.25, -0.2) is 0 Å². The second-order valence-corrected chi connectivity index (χ2v) is 7.12. The molecule has 1 aromatic carbocycles. The van der Waals surface area contributed by atoms with E-state index in [9.17, 15) is 9.59 Å². The van der Waals surface area contributed by atoms with Gasteiger partial charge in [-0.1, -0.05) is 0 Å². The highest BCUT2D eigenvalue weighted by Gasteiger charge is 2.61. The van der Waals surface area contributed by atoms with Crippen LogP contribution in [0.4, 0.5) is 5.69 Å². The van der Waals surface area contributed by atoms with Crippen LogP contribution in [0.3, 0.4) is 0 Å². The molecule has 3 fully saturated rings. The third-order valence-electron chi connectivity index (χ3n) is 5.01. The van der Waals surface area contributed by atoms with Crippen LogP contribution in [0.1, 0.15) is 19.3 Å². The Bertz CT molecular complexity index is 540. The fourth-order valence-corrected chi connectivity index (χ4v) is 4.61. The first kappa shape index (κ1) is 11.9. The predicted octanol–water partition coefficient (Wildman–Crippen LogP) is 2.83. The van der Waals surface area contributed by atoms with Gasteiger partial charge in [0.15, 0.2) is 0 Å². The summed E-state index contributed by atoms with van der Waals surface area (Å²) in [5.74, 6) is 0.962. The maximum Gasteiger partial charge on any atom is 0.237 e. The number of rotatable bonds is 1. The number of anilines is 1. The summed E-state index contributed by atoms with van der Waals surface area (Å²) in [6, 6.07) is 7.64. The minimum absolute atomic E-state index is 0.0227. The van der Waals surface area contributed by atoms with Gasteiger partial charge in [0.2, 0.25) is 11.8 Å². The fourth-order valence-electron chi connectivity index (χ4n) is 4.25. The van der Waals surface area contributed by atoms with Gasteiger partial charge in [-0.15, -0.1) is 0 Å². The summed E-state index contributed by atoms with van der Waals surface area (Å²) in [7, 11) is 0. The van der Waals surface area contributed by atoms with Crippen molar-refractivity contribution in [2.24, 2.45) is 23.7 Å². The van der Waals surface area contributed by atoms with E-state index in [4.69, 9.17) is 0 Å². The fraction of sp³-hybridized carbons (Fsp3) is 0.467. The molecule has 4 rings (SSSR count). The molecule has 0 spiro atoms. The first-order valence-corrected chi connectivity index (χ1v) is 7.88. The third-order valence-corrected chi connectivity index (χ3v) is 5.73. The molecule has 0 unspecified atom stereocenters. The molecule has 0 aromatic heterocycles. The molecular formula is C15H14INO2. The van der Waals surface area contributed by atoms with Crippen LogP contribution in [0.25, 0.3) is 0 Å². The molecule has 0 radical (unpaired) electrons. The lowest BCUT2D eigenvalue weighted by Crippen LogP contribution is -2.32. The smallest absolute Gasteiger partial charge is 0.237 e. The Balaban J connectivity index is 1.73. The van der Waals surface area contributed by atoms with Crippen LogP contribution in [0, 0.1) is 27.2 Å². The zero-order valence-electron chi connectivity index (χ0n) is 10.4. The van der Waals surface area contributed by atoms with Crippen molar-refractivity contribution in [2.75, 3.05) is 4.90 Å². The van der Waals surface area contributed by atoms with Crippen molar-refractivity contribution in [1.82, 2.24) is 0 Å². The quantitative estimate of drug-likeness (QED) is 0.566. The van der Waals surface area contributed by atoms with Crippen molar-refractivity contribution in [3.8, 4) is 0 Å². The van der Waals surface area contributed by atoms with Gasteiger partial charge < -0.3 is 0 Å². The largest absolute Gasteiger partial charge is 0.274 e. The minimum atomic E-state index is -0.0227. The first-order chi connectivity index (χ1) is 9.16. The molecule has 4 heteroatoms. The Morgan fingerprint density at radius 3 is 2.00 bits per heavy atom. The monoisotopic (exact) mass is 367 g/mol. The van der Waals surface area contributed by atoms with Gasteiger partial charge in [0, 0.05) is 3.57 Å². The highest BCUT2D eigenvalue weighted by molar-refractivity contribution is 14.1. The van der Waals surface area contributed by atoms with Crippen molar-refractivity contribution in [2.45, 2.75) is 19.3 Å². The second-order valence-electron chi connectivity index (χ2n) is 5.87. The van der Waals surface area contributed by atoms with E-state index in [1.165, 1.54) is 4.90 Å². The van der Waals surface area contributed by atoms with Crippen molar-refractivity contribution >= 4 is 40.1 Å². The number of nitrogens with zero attached hydrogens (tertiary/aromatic N) is 1. The lowest BCUT2D eigenvalue weighted by Gasteiger charge is -2.19. The van der Waals surface area contributed by atoms with Crippen LogP contribution in [0.15, 0.2) is 24.3 Å². The summed E-state index contributed by atoms with van der Waals surface area (Å²) in [6.07, 6.45) is 3.35. The molecular weight excluding hydrogens is 353 g/mol. The number of hydrogen-bond acceptors (Lipinski definition) is 2. The highest BCUT2D eigenvalue weighted by atomic mass is 127. The number of amides is 2. The van der Waals surface area contributed by atoms with Gasteiger partial charge in [-0.2, -0.15) is 0 Å². The van der Waals surface area contributed by atoms with E-state index in [0.717, 1.165) is 28.5 Å².